The molecule has 10 heteroatoms. The molecule has 0 saturated heterocycles. The molecule has 1 amide bonds. The van der Waals surface area contributed by atoms with Crippen LogP contribution in [0.15, 0.2) is 60.0 Å². The van der Waals surface area contributed by atoms with Crippen LogP contribution in [-0.4, -0.2) is 32.7 Å². The van der Waals surface area contributed by atoms with Crippen molar-refractivity contribution in [3.63, 3.8) is 0 Å². The number of nitrogens with zero attached hydrogens (tertiary/aromatic N) is 4. The number of nitro groups is 1. The van der Waals surface area contributed by atoms with E-state index in [-0.39, 0.29) is 18.0 Å². The van der Waals surface area contributed by atoms with E-state index in [0.717, 1.165) is 22.7 Å². The lowest BCUT2D eigenvalue weighted by atomic mass is 10.1. The number of aromatic nitrogens is 3. The molecule has 162 valence electrons. The van der Waals surface area contributed by atoms with Gasteiger partial charge in [-0.25, -0.2) is 4.98 Å². The minimum Gasteiger partial charge on any atom is -0.497 e. The van der Waals surface area contributed by atoms with E-state index >= 15 is 0 Å². The van der Waals surface area contributed by atoms with Crippen LogP contribution in [0.25, 0.3) is 16.4 Å². The van der Waals surface area contributed by atoms with Gasteiger partial charge in [-0.05, 0) is 24.6 Å². The highest BCUT2D eigenvalue weighted by atomic mass is 32.1. The minimum atomic E-state index is -0.473. The van der Waals surface area contributed by atoms with E-state index in [1.807, 2.05) is 36.6 Å². The Bertz CT molecular complexity index is 1280. The smallest absolute Gasteiger partial charge is 0.269 e. The average Bonchev–Trinajstić information content (AvgIpc) is 3.40. The van der Waals surface area contributed by atoms with E-state index in [1.165, 1.54) is 23.5 Å². The molecule has 0 atom stereocenters. The van der Waals surface area contributed by atoms with Crippen molar-refractivity contribution in [2.45, 2.75) is 13.3 Å². The van der Waals surface area contributed by atoms with Crippen LogP contribution in [0.3, 0.4) is 0 Å². The molecule has 4 aromatic rings. The Morgan fingerprint density at radius 3 is 2.72 bits per heavy atom. The van der Waals surface area contributed by atoms with E-state index in [9.17, 15) is 14.9 Å². The van der Waals surface area contributed by atoms with Gasteiger partial charge in [-0.2, -0.15) is 9.78 Å². The Labute approximate surface area is 187 Å². The number of thiazole rings is 1. The monoisotopic (exact) mass is 449 g/mol. The van der Waals surface area contributed by atoms with Gasteiger partial charge in [0.1, 0.15) is 11.6 Å². The fourth-order valence-electron chi connectivity index (χ4n) is 3.12. The van der Waals surface area contributed by atoms with Crippen molar-refractivity contribution in [2.75, 3.05) is 12.4 Å². The molecule has 1 N–H and O–H groups in total. The van der Waals surface area contributed by atoms with Gasteiger partial charge >= 0.3 is 0 Å². The zero-order valence-corrected chi connectivity index (χ0v) is 18.1. The summed E-state index contributed by atoms with van der Waals surface area (Å²) in [5.41, 5.74) is 3.08. The van der Waals surface area contributed by atoms with Crippen LogP contribution in [0.4, 0.5) is 11.5 Å². The fraction of sp³-hybridized carbons (Fsp3) is 0.136. The number of aryl methyl sites for hydroxylation is 1. The number of carbonyl (C=O) groups excluding carboxylic acids is 1. The van der Waals surface area contributed by atoms with Crippen molar-refractivity contribution in [2.24, 2.45) is 0 Å². The molecule has 0 spiro atoms. The lowest BCUT2D eigenvalue weighted by Crippen LogP contribution is -2.17. The van der Waals surface area contributed by atoms with Gasteiger partial charge in [0.2, 0.25) is 11.0 Å². The maximum absolute atomic E-state index is 12.6. The van der Waals surface area contributed by atoms with Gasteiger partial charge in [-0.1, -0.05) is 24.3 Å². The summed E-state index contributed by atoms with van der Waals surface area (Å²) >= 11 is 1.41. The Morgan fingerprint density at radius 1 is 1.22 bits per heavy atom. The SMILES string of the molecule is COc1cccc(-c2csc(-n3nc(C)cc3NC(=O)Cc3ccc([N+](=O)[O-])cc3)n2)c1. The number of hydrogen-bond donors (Lipinski definition) is 1. The predicted octanol–water partition coefficient (Wildman–Crippen LogP) is 4.40. The van der Waals surface area contributed by atoms with Crippen LogP contribution in [0.5, 0.6) is 5.75 Å². The second-order valence-electron chi connectivity index (χ2n) is 6.98. The van der Waals surface area contributed by atoms with Crippen LogP contribution in [0.2, 0.25) is 0 Å². The van der Waals surface area contributed by atoms with Gasteiger partial charge in [0.25, 0.3) is 5.69 Å². The first-order valence-corrected chi connectivity index (χ1v) is 10.5. The Balaban J connectivity index is 1.52. The standard InChI is InChI=1S/C22H19N5O4S/c1-14-10-20(24-21(28)11-15-6-8-17(9-7-15)27(29)30)26(25-14)22-23-19(13-32-22)16-4-3-5-18(12-16)31-2/h3-10,12-13H,11H2,1-2H3,(H,24,28). The first-order chi connectivity index (χ1) is 15.4. The van der Waals surface area contributed by atoms with E-state index in [1.54, 1.807) is 30.0 Å². The maximum Gasteiger partial charge on any atom is 0.269 e. The molecule has 0 bridgehead atoms. The largest absolute Gasteiger partial charge is 0.497 e. The topological polar surface area (TPSA) is 112 Å². The molecule has 0 aliphatic rings. The van der Waals surface area contributed by atoms with Gasteiger partial charge in [-0.15, -0.1) is 11.3 Å². The predicted molar refractivity (Wildman–Crippen MR) is 121 cm³/mol. The number of nitro benzene ring substituents is 1. The summed E-state index contributed by atoms with van der Waals surface area (Å²) in [6.07, 6.45) is 0.0785. The molecule has 32 heavy (non-hydrogen) atoms. The Hall–Kier alpha value is -4.05. The van der Waals surface area contributed by atoms with Crippen LogP contribution >= 0.6 is 11.3 Å². The summed E-state index contributed by atoms with van der Waals surface area (Å²) in [4.78, 5) is 27.5. The van der Waals surface area contributed by atoms with E-state index in [4.69, 9.17) is 4.74 Å². The number of methoxy groups -OCH3 is 1. The third-order valence-corrected chi connectivity index (χ3v) is 5.47. The van der Waals surface area contributed by atoms with Crippen LogP contribution in [-0.2, 0) is 11.2 Å². The molecule has 0 fully saturated rings. The van der Waals surface area contributed by atoms with E-state index < -0.39 is 4.92 Å². The second kappa shape index (κ2) is 8.98. The molecular weight excluding hydrogens is 430 g/mol. The van der Waals surface area contributed by atoms with Crippen molar-refractivity contribution < 1.29 is 14.5 Å². The number of carbonyl (C=O) groups is 1. The third-order valence-electron chi connectivity index (χ3n) is 4.65. The van der Waals surface area contributed by atoms with Crippen LogP contribution in [0.1, 0.15) is 11.3 Å². The van der Waals surface area contributed by atoms with Crippen molar-refractivity contribution >= 4 is 28.7 Å². The fourth-order valence-corrected chi connectivity index (χ4v) is 3.91. The first-order valence-electron chi connectivity index (χ1n) is 9.63. The number of non-ortho nitro benzene ring substituents is 1. The minimum absolute atomic E-state index is 0.0153. The quantitative estimate of drug-likeness (QED) is 0.331. The zero-order valence-electron chi connectivity index (χ0n) is 17.3. The van der Waals surface area contributed by atoms with Gasteiger partial charge < -0.3 is 10.1 Å². The third kappa shape index (κ3) is 4.65. The number of anilines is 1. The molecule has 0 radical (unpaired) electrons. The van der Waals surface area contributed by atoms with Gasteiger partial charge in [-0.3, -0.25) is 14.9 Å². The lowest BCUT2D eigenvalue weighted by molar-refractivity contribution is -0.384. The summed E-state index contributed by atoms with van der Waals surface area (Å²) < 4.78 is 6.87. The summed E-state index contributed by atoms with van der Waals surface area (Å²) in [5, 5.41) is 20.6. The van der Waals surface area contributed by atoms with Gasteiger partial charge in [0, 0.05) is 29.1 Å². The Morgan fingerprint density at radius 2 is 2.00 bits per heavy atom. The molecule has 2 aromatic heterocycles. The molecule has 2 heterocycles. The lowest BCUT2D eigenvalue weighted by Gasteiger charge is -2.07. The zero-order chi connectivity index (χ0) is 22.7. The highest BCUT2D eigenvalue weighted by Crippen LogP contribution is 2.28. The van der Waals surface area contributed by atoms with Crippen molar-refractivity contribution in [3.05, 3.63) is 81.3 Å². The first kappa shape index (κ1) is 21.2. The normalized spacial score (nSPS) is 10.7. The molecule has 2 aromatic carbocycles. The van der Waals surface area contributed by atoms with E-state index in [0.29, 0.717) is 16.5 Å². The van der Waals surface area contributed by atoms with Crippen molar-refractivity contribution in [1.29, 1.82) is 0 Å². The van der Waals surface area contributed by atoms with Crippen LogP contribution < -0.4 is 10.1 Å². The molecule has 0 aliphatic heterocycles. The number of benzene rings is 2. The molecule has 9 nitrogen and oxygen atoms in total. The summed E-state index contributed by atoms with van der Waals surface area (Å²) in [5.74, 6) is 0.983. The number of hydrogen-bond acceptors (Lipinski definition) is 7. The highest BCUT2D eigenvalue weighted by Gasteiger charge is 2.15. The maximum atomic E-state index is 12.6. The summed E-state index contributed by atoms with van der Waals surface area (Å²) in [7, 11) is 1.61. The summed E-state index contributed by atoms with van der Waals surface area (Å²) in [6.45, 7) is 1.83. The van der Waals surface area contributed by atoms with Crippen molar-refractivity contribution in [3.8, 4) is 22.1 Å². The molecular formula is C22H19N5O4S. The molecule has 0 unspecified atom stereocenters. The average molecular weight is 449 g/mol. The van der Waals surface area contributed by atoms with Crippen molar-refractivity contribution in [1.82, 2.24) is 14.8 Å². The van der Waals surface area contributed by atoms with E-state index in [2.05, 4.69) is 15.4 Å². The number of rotatable bonds is 7. The number of amides is 1. The highest BCUT2D eigenvalue weighted by molar-refractivity contribution is 7.12. The molecule has 0 aliphatic carbocycles. The number of nitrogens with one attached hydrogen (secondary N) is 1. The van der Waals surface area contributed by atoms with Gasteiger partial charge in [0.15, 0.2) is 0 Å². The molecule has 0 saturated carbocycles. The molecule has 4 rings (SSSR count). The summed E-state index contributed by atoms with van der Waals surface area (Å²) in [6, 6.07) is 15.3. The number of ether oxygens (including phenoxy) is 1. The second-order valence-corrected chi connectivity index (χ2v) is 7.82. The van der Waals surface area contributed by atoms with Gasteiger partial charge in [0.05, 0.1) is 29.8 Å². The Kier molecular flexibility index (Phi) is 5.95. The van der Waals surface area contributed by atoms with Crippen LogP contribution in [0, 0.1) is 17.0 Å².